The molecule has 0 aliphatic heterocycles. The molecule has 0 rings (SSSR count). The summed E-state index contributed by atoms with van der Waals surface area (Å²) >= 11 is 5.63. The van der Waals surface area contributed by atoms with E-state index in [1.165, 1.54) is 83.5 Å². The topological polar surface area (TPSA) is 36.9 Å². The summed E-state index contributed by atoms with van der Waals surface area (Å²) in [7, 11) is 0. The number of ether oxygens (including phenoxy) is 4. The molecular formula is C31H63ClO4. The lowest BCUT2D eigenvalue weighted by Crippen LogP contribution is -2.17. The van der Waals surface area contributed by atoms with Crippen LogP contribution in [0.25, 0.3) is 0 Å². The van der Waals surface area contributed by atoms with Crippen LogP contribution in [-0.2, 0) is 18.9 Å². The van der Waals surface area contributed by atoms with Gasteiger partial charge in [-0.05, 0) is 66.2 Å². The molecule has 0 aromatic carbocycles. The van der Waals surface area contributed by atoms with Crippen LogP contribution in [0.2, 0.25) is 0 Å². The smallest absolute Gasteiger partial charge is 0.157 e. The van der Waals surface area contributed by atoms with E-state index in [0.717, 1.165) is 58.0 Å². The summed E-state index contributed by atoms with van der Waals surface area (Å²) in [5, 5.41) is 0. The second-order valence-electron chi connectivity index (χ2n) is 8.85. The fourth-order valence-corrected chi connectivity index (χ4v) is 4.07. The second-order valence-corrected chi connectivity index (χ2v) is 9.23. The van der Waals surface area contributed by atoms with Gasteiger partial charge in [0.05, 0.1) is 0 Å². The number of hydrogen-bond acceptors (Lipinski definition) is 4. The monoisotopic (exact) mass is 534 g/mol. The maximum Gasteiger partial charge on any atom is 0.157 e. The highest BCUT2D eigenvalue weighted by atomic mass is 35.5. The average Bonchev–Trinajstić information content (AvgIpc) is 2.85. The first-order chi connectivity index (χ1) is 17.2. The molecule has 0 aliphatic rings. The second kappa shape index (κ2) is 36.8. The normalized spacial score (nSPS) is 10.7. The van der Waals surface area contributed by atoms with Crippen molar-refractivity contribution in [2.75, 3.05) is 32.3 Å². The molecule has 4 nitrogen and oxygen atoms in total. The molecule has 0 heterocycles. The highest BCUT2D eigenvalue weighted by molar-refractivity contribution is 6.17. The van der Waals surface area contributed by atoms with E-state index in [-0.39, 0.29) is 20.0 Å². The zero-order valence-electron chi connectivity index (χ0n) is 23.8. The average molecular weight is 535 g/mol. The molecule has 0 aromatic heterocycles. The number of hydrogen-bond donors (Lipinski definition) is 0. The van der Waals surface area contributed by atoms with E-state index >= 15 is 0 Å². The third kappa shape index (κ3) is 33.7. The lowest BCUT2D eigenvalue weighted by molar-refractivity contribution is -0.140. The molecule has 0 atom stereocenters. The Bertz CT molecular complexity index is 402. The Morgan fingerprint density at radius 2 is 0.833 bits per heavy atom. The molecule has 0 fully saturated rings. The molecule has 0 spiro atoms. The van der Waals surface area contributed by atoms with Crippen molar-refractivity contribution in [1.29, 1.82) is 0 Å². The zero-order valence-corrected chi connectivity index (χ0v) is 24.6. The Morgan fingerprint density at radius 1 is 0.528 bits per heavy atom. The SMILES string of the molecule is C.C#CCCCCCCCCCC(OCC)OCC.CCOC(CCCCCCCCCCl)OCC. The molecule has 0 saturated heterocycles. The first-order valence-electron chi connectivity index (χ1n) is 14.7. The number of alkyl halides is 1. The van der Waals surface area contributed by atoms with Crippen molar-refractivity contribution in [3.05, 3.63) is 0 Å². The number of rotatable bonds is 26. The predicted molar refractivity (Wildman–Crippen MR) is 159 cm³/mol. The number of terminal acetylenes is 1. The molecule has 0 unspecified atom stereocenters. The van der Waals surface area contributed by atoms with Crippen molar-refractivity contribution in [2.45, 2.75) is 157 Å². The summed E-state index contributed by atoms with van der Waals surface area (Å²) in [6, 6.07) is 0. The molecular weight excluding hydrogens is 472 g/mol. The summed E-state index contributed by atoms with van der Waals surface area (Å²) in [6.45, 7) is 11.0. The summed E-state index contributed by atoms with van der Waals surface area (Å²) in [6.07, 6.45) is 26.1. The van der Waals surface area contributed by atoms with E-state index in [0.29, 0.717) is 0 Å². The number of halogens is 1. The van der Waals surface area contributed by atoms with Crippen LogP contribution in [0.3, 0.4) is 0 Å². The highest BCUT2D eigenvalue weighted by Gasteiger charge is 2.07. The van der Waals surface area contributed by atoms with Gasteiger partial charge in [-0.25, -0.2) is 0 Å². The minimum Gasteiger partial charge on any atom is -0.353 e. The quantitative estimate of drug-likeness (QED) is 0.0478. The largest absolute Gasteiger partial charge is 0.353 e. The molecule has 5 heteroatoms. The molecule has 0 saturated carbocycles. The van der Waals surface area contributed by atoms with Crippen molar-refractivity contribution >= 4 is 11.6 Å². The Morgan fingerprint density at radius 3 is 1.14 bits per heavy atom. The van der Waals surface area contributed by atoms with Crippen molar-refractivity contribution in [1.82, 2.24) is 0 Å². The molecule has 0 bridgehead atoms. The summed E-state index contributed by atoms with van der Waals surface area (Å²) in [5.74, 6) is 3.50. The van der Waals surface area contributed by atoms with E-state index in [9.17, 15) is 0 Å². The molecule has 0 radical (unpaired) electrons. The van der Waals surface area contributed by atoms with Gasteiger partial charge in [0.15, 0.2) is 12.6 Å². The first kappa shape index (κ1) is 40.2. The Kier molecular flexibility index (Phi) is 41.1. The van der Waals surface area contributed by atoms with E-state index < -0.39 is 0 Å². The number of unbranched alkanes of at least 4 members (excludes halogenated alkanes) is 13. The van der Waals surface area contributed by atoms with Crippen LogP contribution in [0.1, 0.15) is 144 Å². The van der Waals surface area contributed by atoms with E-state index in [1.54, 1.807) is 0 Å². The Balaban J connectivity index is -0.000000590. The molecule has 0 N–H and O–H groups in total. The van der Waals surface area contributed by atoms with Gasteiger partial charge in [-0.15, -0.1) is 23.9 Å². The standard InChI is InChI=1S/C16H30O2.C14H29ClO2.CH4/c1-4-7-8-9-10-11-12-13-14-15-16(17-5-2)18-6-3;1-3-16-14(17-4-2)12-10-8-6-5-7-9-11-13-15;/h1,16H,5-15H2,2-3H3;14H,3-13H2,1-2H3;1H4. The fourth-order valence-electron chi connectivity index (χ4n) is 3.88. The summed E-state index contributed by atoms with van der Waals surface area (Å²) in [4.78, 5) is 0. The van der Waals surface area contributed by atoms with E-state index in [2.05, 4.69) is 5.92 Å². The summed E-state index contributed by atoms with van der Waals surface area (Å²) in [5.41, 5.74) is 0. The molecule has 0 aromatic rings. The Hall–Kier alpha value is -0.310. The van der Waals surface area contributed by atoms with Gasteiger partial charge in [0.2, 0.25) is 0 Å². The van der Waals surface area contributed by atoms with Gasteiger partial charge in [-0.2, -0.15) is 0 Å². The van der Waals surface area contributed by atoms with Crippen LogP contribution in [0.5, 0.6) is 0 Å². The molecule has 0 aliphatic carbocycles. The molecule has 0 amide bonds. The van der Waals surface area contributed by atoms with Gasteiger partial charge in [-0.3, -0.25) is 0 Å². The Labute approximate surface area is 231 Å². The maximum absolute atomic E-state index is 5.63. The minimum atomic E-state index is 0. The van der Waals surface area contributed by atoms with Crippen molar-refractivity contribution in [2.24, 2.45) is 0 Å². The van der Waals surface area contributed by atoms with Crippen LogP contribution in [0, 0.1) is 12.3 Å². The molecule has 218 valence electrons. The lowest BCUT2D eigenvalue weighted by atomic mass is 10.1. The van der Waals surface area contributed by atoms with Crippen LogP contribution in [-0.4, -0.2) is 44.9 Å². The van der Waals surface area contributed by atoms with Gasteiger partial charge >= 0.3 is 0 Å². The zero-order chi connectivity index (χ0) is 26.2. The van der Waals surface area contributed by atoms with Crippen LogP contribution in [0.4, 0.5) is 0 Å². The third-order valence-electron chi connectivity index (χ3n) is 5.74. The third-order valence-corrected chi connectivity index (χ3v) is 6.01. The maximum atomic E-state index is 5.63. The van der Waals surface area contributed by atoms with Crippen LogP contribution >= 0.6 is 11.6 Å². The van der Waals surface area contributed by atoms with Crippen LogP contribution < -0.4 is 0 Å². The fraction of sp³-hybridized carbons (Fsp3) is 0.935. The summed E-state index contributed by atoms with van der Waals surface area (Å²) < 4.78 is 22.0. The van der Waals surface area contributed by atoms with Crippen LogP contribution in [0.15, 0.2) is 0 Å². The van der Waals surface area contributed by atoms with Crippen molar-refractivity contribution < 1.29 is 18.9 Å². The van der Waals surface area contributed by atoms with Gasteiger partial charge in [0.25, 0.3) is 0 Å². The van der Waals surface area contributed by atoms with Gasteiger partial charge in [0, 0.05) is 38.7 Å². The molecule has 36 heavy (non-hydrogen) atoms. The van der Waals surface area contributed by atoms with E-state index in [1.807, 2.05) is 27.7 Å². The minimum absolute atomic E-state index is 0. The van der Waals surface area contributed by atoms with Crippen molar-refractivity contribution in [3.8, 4) is 12.3 Å². The van der Waals surface area contributed by atoms with Gasteiger partial charge in [-0.1, -0.05) is 71.6 Å². The van der Waals surface area contributed by atoms with Crippen molar-refractivity contribution in [3.63, 3.8) is 0 Å². The predicted octanol–water partition coefficient (Wildman–Crippen LogP) is 9.91. The first-order valence-corrected chi connectivity index (χ1v) is 15.2. The lowest BCUT2D eigenvalue weighted by Gasteiger charge is -2.16. The van der Waals surface area contributed by atoms with E-state index in [4.69, 9.17) is 37.0 Å². The van der Waals surface area contributed by atoms with Gasteiger partial charge < -0.3 is 18.9 Å². The van der Waals surface area contributed by atoms with Gasteiger partial charge in [0.1, 0.15) is 0 Å². The highest BCUT2D eigenvalue weighted by Crippen LogP contribution is 2.13.